The van der Waals surface area contributed by atoms with Crippen molar-refractivity contribution in [3.05, 3.63) is 24.3 Å². The Morgan fingerprint density at radius 2 is 1.22 bits per heavy atom. The number of anilines is 1. The van der Waals surface area contributed by atoms with E-state index >= 15 is 0 Å². The number of ether oxygens (including phenoxy) is 1. The molecule has 0 saturated carbocycles. The van der Waals surface area contributed by atoms with E-state index in [1.807, 2.05) is 0 Å². The van der Waals surface area contributed by atoms with Crippen molar-refractivity contribution in [2.45, 2.75) is 142 Å². The van der Waals surface area contributed by atoms with Crippen LogP contribution in [0, 0.1) is 0 Å². The summed E-state index contributed by atoms with van der Waals surface area (Å²) < 4.78 is 5.84. The lowest BCUT2D eigenvalue weighted by Gasteiger charge is -2.20. The van der Waals surface area contributed by atoms with Gasteiger partial charge in [-0.1, -0.05) is 117 Å². The van der Waals surface area contributed by atoms with Gasteiger partial charge in [0, 0.05) is 12.2 Å². The molecule has 0 aliphatic heterocycles. The summed E-state index contributed by atoms with van der Waals surface area (Å²) in [5, 5.41) is 18.4. The van der Waals surface area contributed by atoms with E-state index in [2.05, 4.69) is 29.8 Å². The monoisotopic (exact) mass is 519 g/mol. The second-order valence-electron chi connectivity index (χ2n) is 10.4. The van der Waals surface area contributed by atoms with Crippen LogP contribution in [-0.4, -0.2) is 30.6 Å². The number of carbonyl (C=O) groups excluding carboxylic acids is 1. The van der Waals surface area contributed by atoms with E-state index in [0.717, 1.165) is 31.4 Å². The maximum atomic E-state index is 12.3. The molecule has 1 aromatic carbocycles. The molecular weight excluding hydrogens is 462 g/mol. The number of nitrogens with one attached hydrogen (secondary N) is 3. The number of aromatic hydroxyl groups is 1. The zero-order valence-electron chi connectivity index (χ0n) is 24.0. The largest absolute Gasteiger partial charge is 0.508 e. The molecule has 0 fully saturated rings. The first kappa shape index (κ1) is 33.1. The molecule has 1 unspecified atom stereocenters. The Kier molecular flexibility index (Phi) is 21.8. The van der Waals surface area contributed by atoms with Gasteiger partial charge in [0.05, 0.1) is 0 Å². The smallest absolute Gasteiger partial charge is 0.316 e. The second-order valence-corrected chi connectivity index (χ2v) is 10.4. The summed E-state index contributed by atoms with van der Waals surface area (Å²) in [5.41, 5.74) is 0.861. The topological polar surface area (TPSA) is 82.6 Å². The van der Waals surface area contributed by atoms with Gasteiger partial charge in [0.1, 0.15) is 18.7 Å². The Morgan fingerprint density at radius 1 is 0.730 bits per heavy atom. The van der Waals surface area contributed by atoms with Crippen LogP contribution in [0.1, 0.15) is 136 Å². The molecule has 0 aliphatic rings. The first-order valence-electron chi connectivity index (χ1n) is 15.3. The van der Waals surface area contributed by atoms with E-state index in [1.54, 1.807) is 24.3 Å². The predicted molar refractivity (Wildman–Crippen MR) is 157 cm³/mol. The third-order valence-electron chi connectivity index (χ3n) is 6.86. The highest BCUT2D eigenvalue weighted by Crippen LogP contribution is 2.15. The summed E-state index contributed by atoms with van der Waals surface area (Å²) in [7, 11) is 0. The number of phenolic OH excluding ortho intramolecular Hbond substituents is 1. The van der Waals surface area contributed by atoms with Crippen molar-refractivity contribution in [3.63, 3.8) is 0 Å². The number of hydrogen-bond acceptors (Lipinski definition) is 4. The van der Waals surface area contributed by atoms with Crippen molar-refractivity contribution < 1.29 is 14.6 Å². The predicted octanol–water partition coefficient (Wildman–Crippen LogP) is 8.86. The van der Waals surface area contributed by atoms with Crippen LogP contribution in [0.5, 0.6) is 5.75 Å². The Balaban J connectivity index is 1.96. The van der Waals surface area contributed by atoms with E-state index < -0.39 is 0 Å². The zero-order chi connectivity index (χ0) is 26.8. The summed E-state index contributed by atoms with van der Waals surface area (Å²) in [6.45, 7) is 5.40. The highest BCUT2D eigenvalue weighted by molar-refractivity contribution is 5.73. The average Bonchev–Trinajstić information content (AvgIpc) is 2.90. The Morgan fingerprint density at radius 3 is 1.73 bits per heavy atom. The van der Waals surface area contributed by atoms with Crippen LogP contribution in [0.3, 0.4) is 0 Å². The summed E-state index contributed by atoms with van der Waals surface area (Å²) in [6.07, 6.45) is 24.1. The Labute approximate surface area is 227 Å². The average molecular weight is 520 g/mol. The molecule has 0 radical (unpaired) electrons. The number of phenols is 1. The molecule has 4 N–H and O–H groups in total. The molecule has 1 rings (SSSR count). The number of unbranched alkanes of at least 4 members (excludes halogenated alkanes) is 16. The minimum atomic E-state index is -0.324. The van der Waals surface area contributed by atoms with Crippen LogP contribution < -0.4 is 16.0 Å². The van der Waals surface area contributed by atoms with Gasteiger partial charge in [-0.05, 0) is 43.5 Å². The van der Waals surface area contributed by atoms with Gasteiger partial charge in [-0.25, -0.2) is 4.79 Å². The van der Waals surface area contributed by atoms with Crippen LogP contribution in [0.2, 0.25) is 0 Å². The maximum Gasteiger partial charge on any atom is 0.316 e. The minimum absolute atomic E-state index is 0.160. The van der Waals surface area contributed by atoms with Crippen LogP contribution in [0.25, 0.3) is 0 Å². The normalized spacial score (nSPS) is 11.8. The summed E-state index contributed by atoms with van der Waals surface area (Å²) >= 11 is 0. The van der Waals surface area contributed by atoms with Crippen molar-refractivity contribution in [2.75, 3.05) is 18.6 Å². The SMILES string of the molecule is CCCCCCCCCCCCCCCCCCNC(=O)NC(CCCC)OCNc1ccc(O)cc1. The van der Waals surface area contributed by atoms with Gasteiger partial charge in [0.2, 0.25) is 0 Å². The minimum Gasteiger partial charge on any atom is -0.508 e. The maximum absolute atomic E-state index is 12.3. The molecule has 214 valence electrons. The van der Waals surface area contributed by atoms with Gasteiger partial charge in [0.15, 0.2) is 0 Å². The fourth-order valence-corrected chi connectivity index (χ4v) is 4.46. The quantitative estimate of drug-likeness (QED) is 0.0590. The molecule has 1 atom stereocenters. The summed E-state index contributed by atoms with van der Waals surface area (Å²) in [6, 6.07) is 6.67. The van der Waals surface area contributed by atoms with Crippen molar-refractivity contribution in [1.82, 2.24) is 10.6 Å². The molecule has 0 aromatic heterocycles. The molecule has 6 nitrogen and oxygen atoms in total. The lowest BCUT2D eigenvalue weighted by molar-refractivity contribution is 0.0417. The van der Waals surface area contributed by atoms with Crippen molar-refractivity contribution in [2.24, 2.45) is 0 Å². The van der Waals surface area contributed by atoms with Gasteiger partial charge in [-0.2, -0.15) is 0 Å². The van der Waals surface area contributed by atoms with Crippen LogP contribution in [0.15, 0.2) is 24.3 Å². The van der Waals surface area contributed by atoms with E-state index in [-0.39, 0.29) is 18.0 Å². The molecule has 0 heterocycles. The molecule has 0 bridgehead atoms. The van der Waals surface area contributed by atoms with Crippen molar-refractivity contribution >= 4 is 11.7 Å². The van der Waals surface area contributed by atoms with Crippen molar-refractivity contribution in [1.29, 1.82) is 0 Å². The standard InChI is InChI=1S/C31H57N3O3/c1-3-5-7-8-9-10-11-12-13-14-15-16-17-18-19-20-26-32-31(36)34-30(21-6-4-2)37-27-33-28-22-24-29(35)25-23-28/h22-25,30,33,35H,3-21,26-27H2,1-2H3,(H2,32,34,36). The van der Waals surface area contributed by atoms with Crippen LogP contribution >= 0.6 is 0 Å². The molecule has 2 amide bonds. The fourth-order valence-electron chi connectivity index (χ4n) is 4.46. The zero-order valence-corrected chi connectivity index (χ0v) is 24.0. The highest BCUT2D eigenvalue weighted by Gasteiger charge is 2.12. The Bertz CT molecular complexity index is 639. The lowest BCUT2D eigenvalue weighted by Crippen LogP contribution is -2.44. The third kappa shape index (κ3) is 20.8. The number of amides is 2. The molecule has 0 spiro atoms. The molecule has 6 heteroatoms. The number of rotatable bonds is 25. The fraction of sp³-hybridized carbons (Fsp3) is 0.774. The molecular formula is C31H57N3O3. The first-order valence-corrected chi connectivity index (χ1v) is 15.3. The van der Waals surface area contributed by atoms with E-state index in [9.17, 15) is 9.90 Å². The van der Waals surface area contributed by atoms with Gasteiger partial charge >= 0.3 is 6.03 Å². The third-order valence-corrected chi connectivity index (χ3v) is 6.86. The summed E-state index contributed by atoms with van der Waals surface area (Å²) in [4.78, 5) is 12.3. The number of carbonyl (C=O) groups is 1. The van der Waals surface area contributed by atoms with Gasteiger partial charge < -0.3 is 25.8 Å². The second kappa shape index (κ2) is 24.4. The van der Waals surface area contributed by atoms with E-state index in [4.69, 9.17) is 4.74 Å². The van der Waals surface area contributed by atoms with Crippen molar-refractivity contribution in [3.8, 4) is 5.75 Å². The first-order chi connectivity index (χ1) is 18.2. The van der Waals surface area contributed by atoms with E-state index in [1.165, 1.54) is 96.3 Å². The Hall–Kier alpha value is -1.95. The van der Waals surface area contributed by atoms with E-state index in [0.29, 0.717) is 13.3 Å². The number of benzene rings is 1. The highest BCUT2D eigenvalue weighted by atomic mass is 16.5. The molecule has 0 aliphatic carbocycles. The molecule has 1 aromatic rings. The van der Waals surface area contributed by atoms with Gasteiger partial charge in [-0.3, -0.25) is 0 Å². The number of urea groups is 1. The van der Waals surface area contributed by atoms with Crippen LogP contribution in [0.4, 0.5) is 10.5 Å². The molecule has 37 heavy (non-hydrogen) atoms. The lowest BCUT2D eigenvalue weighted by atomic mass is 10.0. The van der Waals surface area contributed by atoms with Crippen LogP contribution in [-0.2, 0) is 4.74 Å². The van der Waals surface area contributed by atoms with Gasteiger partial charge in [0.25, 0.3) is 0 Å². The number of hydrogen-bond donors (Lipinski definition) is 4. The summed E-state index contributed by atoms with van der Waals surface area (Å²) in [5.74, 6) is 0.231. The molecule has 0 saturated heterocycles. The van der Waals surface area contributed by atoms with Gasteiger partial charge in [-0.15, -0.1) is 0 Å².